The van der Waals surface area contributed by atoms with Crippen LogP contribution < -0.4 is 0 Å². The molecule has 456 valence electrons. The number of rotatable bonds is 62. The van der Waals surface area contributed by atoms with Crippen molar-refractivity contribution in [3.63, 3.8) is 0 Å². The van der Waals surface area contributed by atoms with Crippen molar-refractivity contribution in [2.75, 3.05) is 13.2 Å². The van der Waals surface area contributed by atoms with E-state index in [9.17, 15) is 14.4 Å². The molecule has 0 aliphatic heterocycles. The molecule has 1 unspecified atom stereocenters. The topological polar surface area (TPSA) is 78.9 Å². The number of ether oxygens (including phenoxy) is 3. The van der Waals surface area contributed by atoms with Gasteiger partial charge in [0.2, 0.25) is 0 Å². The van der Waals surface area contributed by atoms with E-state index in [0.29, 0.717) is 19.3 Å². The van der Waals surface area contributed by atoms with Crippen molar-refractivity contribution in [2.24, 2.45) is 0 Å². The second kappa shape index (κ2) is 67.1. The summed E-state index contributed by atoms with van der Waals surface area (Å²) in [6, 6.07) is 0. The second-order valence-electron chi connectivity index (χ2n) is 22.7. The summed E-state index contributed by atoms with van der Waals surface area (Å²) in [4.78, 5) is 38.4. The van der Waals surface area contributed by atoms with Gasteiger partial charge in [-0.25, -0.2) is 0 Å². The Balaban J connectivity index is 4.35. The normalized spacial score (nSPS) is 12.6. The van der Waals surface area contributed by atoms with E-state index in [-0.39, 0.29) is 31.1 Å². The number of unbranched alkanes of at least 4 members (excludes halogenated alkanes) is 37. The number of hydrogen-bond donors (Lipinski definition) is 0. The third kappa shape index (κ3) is 65.3. The fourth-order valence-electron chi connectivity index (χ4n) is 9.80. The smallest absolute Gasteiger partial charge is 0.306 e. The highest BCUT2D eigenvalue weighted by Gasteiger charge is 2.19. The molecule has 0 radical (unpaired) electrons. The van der Waals surface area contributed by atoms with Gasteiger partial charge in [0.15, 0.2) is 6.10 Å². The van der Waals surface area contributed by atoms with Crippen molar-refractivity contribution in [1.29, 1.82) is 0 Å². The van der Waals surface area contributed by atoms with E-state index < -0.39 is 6.10 Å². The van der Waals surface area contributed by atoms with Gasteiger partial charge in [-0.15, -0.1) is 0 Å². The van der Waals surface area contributed by atoms with E-state index in [1.54, 1.807) is 0 Å². The van der Waals surface area contributed by atoms with Crippen LogP contribution in [-0.4, -0.2) is 37.2 Å². The highest BCUT2D eigenvalue weighted by Crippen LogP contribution is 2.17. The summed E-state index contributed by atoms with van der Waals surface area (Å²) in [5.74, 6) is -0.890. The molecule has 0 aromatic rings. The lowest BCUT2D eigenvalue weighted by Gasteiger charge is -2.18. The average molecular weight is 1100 g/mol. The van der Waals surface area contributed by atoms with Crippen molar-refractivity contribution >= 4 is 17.9 Å². The summed E-state index contributed by atoms with van der Waals surface area (Å²) in [5, 5.41) is 0. The lowest BCUT2D eigenvalue weighted by molar-refractivity contribution is -0.167. The van der Waals surface area contributed by atoms with Crippen LogP contribution in [0.4, 0.5) is 0 Å². The first-order chi connectivity index (χ1) is 39.0. The van der Waals surface area contributed by atoms with Crippen LogP contribution >= 0.6 is 0 Å². The number of carbonyl (C=O) groups excluding carboxylic acids is 3. The molecule has 1 atom stereocenters. The van der Waals surface area contributed by atoms with Crippen molar-refractivity contribution in [2.45, 2.75) is 348 Å². The van der Waals surface area contributed by atoms with E-state index in [1.165, 1.54) is 186 Å². The molecule has 6 nitrogen and oxygen atoms in total. The zero-order valence-corrected chi connectivity index (χ0v) is 52.4. The summed E-state index contributed by atoms with van der Waals surface area (Å²) < 4.78 is 17.0. The molecular weight excluding hydrogens is 973 g/mol. The standard InChI is InChI=1S/C73H128O6/c1-4-7-10-13-16-19-22-25-28-30-32-34-36-38-40-42-45-48-51-54-57-60-63-66-72(75)78-69-70(68-77-71(74)65-62-59-56-53-50-47-44-27-24-21-18-15-12-9-6-3)79-73(76)67-64-61-58-55-52-49-46-43-41-39-37-35-33-31-29-26-23-20-17-14-11-8-5-2/h7,10,16,18-19,21,25,27-28,32,34,38,40,44,70H,4-6,8-9,11-15,17,20,22-24,26,29-31,33,35-37,39,41-43,45-69H2,1-3H3/b10-7-,19-16-,21-18-,28-25-,34-32-,40-38-,44-27-. The van der Waals surface area contributed by atoms with Gasteiger partial charge in [-0.1, -0.05) is 311 Å². The maximum Gasteiger partial charge on any atom is 0.306 e. The third-order valence-corrected chi connectivity index (χ3v) is 14.9. The Morgan fingerprint density at radius 3 is 0.797 bits per heavy atom. The molecule has 79 heavy (non-hydrogen) atoms. The molecule has 0 aromatic carbocycles. The fraction of sp³-hybridized carbons (Fsp3) is 0.767. The fourth-order valence-corrected chi connectivity index (χ4v) is 9.80. The Morgan fingerprint density at radius 1 is 0.266 bits per heavy atom. The Hall–Kier alpha value is -3.41. The minimum atomic E-state index is -0.788. The molecule has 6 heteroatoms. The molecule has 0 fully saturated rings. The van der Waals surface area contributed by atoms with Crippen LogP contribution in [0.3, 0.4) is 0 Å². The number of esters is 3. The molecule has 0 bridgehead atoms. The first-order valence-electron chi connectivity index (χ1n) is 34.1. The SMILES string of the molecule is CC/C=C\C/C=C\C/C=C\C/C=C\C/C=C\CCCCCCCCCC(=O)OCC(COC(=O)CCCCCCC/C=C\C/C=C\CCCCC)OC(=O)CCCCCCCCCCCCCCCCCCCCCCCCC. The number of hydrogen-bond acceptors (Lipinski definition) is 6. The van der Waals surface area contributed by atoms with Gasteiger partial charge in [0.1, 0.15) is 13.2 Å². The monoisotopic (exact) mass is 1100 g/mol. The molecule has 0 aliphatic carbocycles. The van der Waals surface area contributed by atoms with E-state index >= 15 is 0 Å². The van der Waals surface area contributed by atoms with Crippen LogP contribution in [-0.2, 0) is 28.6 Å². The Kier molecular flexibility index (Phi) is 64.2. The van der Waals surface area contributed by atoms with Crippen LogP contribution in [0.2, 0.25) is 0 Å². The largest absolute Gasteiger partial charge is 0.462 e. The van der Waals surface area contributed by atoms with Crippen molar-refractivity contribution in [3.8, 4) is 0 Å². The third-order valence-electron chi connectivity index (χ3n) is 14.9. The first kappa shape index (κ1) is 75.6. The molecule has 0 rings (SSSR count). The Bertz CT molecular complexity index is 1500. The minimum absolute atomic E-state index is 0.0845. The number of carbonyl (C=O) groups is 3. The zero-order chi connectivity index (χ0) is 57.1. The highest BCUT2D eigenvalue weighted by atomic mass is 16.6. The Morgan fingerprint density at radius 2 is 0.494 bits per heavy atom. The van der Waals surface area contributed by atoms with Gasteiger partial charge in [0, 0.05) is 19.3 Å². The van der Waals surface area contributed by atoms with Gasteiger partial charge < -0.3 is 14.2 Å². The molecule has 0 N–H and O–H groups in total. The van der Waals surface area contributed by atoms with E-state index in [0.717, 1.165) is 116 Å². The quantitative estimate of drug-likeness (QED) is 0.0261. The first-order valence-corrected chi connectivity index (χ1v) is 34.1. The van der Waals surface area contributed by atoms with Crippen molar-refractivity contribution in [1.82, 2.24) is 0 Å². The van der Waals surface area contributed by atoms with Crippen LogP contribution in [0.15, 0.2) is 85.1 Å². The summed E-state index contributed by atoms with van der Waals surface area (Å²) in [5.41, 5.74) is 0. The maximum atomic E-state index is 13.0. The van der Waals surface area contributed by atoms with Gasteiger partial charge in [0.25, 0.3) is 0 Å². The molecule has 0 saturated carbocycles. The van der Waals surface area contributed by atoms with Gasteiger partial charge >= 0.3 is 17.9 Å². The molecule has 0 amide bonds. The zero-order valence-electron chi connectivity index (χ0n) is 52.4. The molecule has 0 heterocycles. The van der Waals surface area contributed by atoms with E-state index in [1.807, 2.05) is 0 Å². The van der Waals surface area contributed by atoms with Crippen molar-refractivity contribution in [3.05, 3.63) is 85.1 Å². The predicted octanol–water partition coefficient (Wildman–Crippen LogP) is 23.4. The molecule has 0 saturated heterocycles. The van der Waals surface area contributed by atoms with Gasteiger partial charge in [-0.05, 0) is 96.3 Å². The summed E-state index contributed by atoms with van der Waals surface area (Å²) >= 11 is 0. The predicted molar refractivity (Wildman–Crippen MR) is 344 cm³/mol. The number of allylic oxidation sites excluding steroid dienone is 14. The lowest BCUT2D eigenvalue weighted by Crippen LogP contribution is -2.30. The van der Waals surface area contributed by atoms with Crippen LogP contribution in [0.1, 0.15) is 342 Å². The van der Waals surface area contributed by atoms with Gasteiger partial charge in [-0.2, -0.15) is 0 Å². The molecule has 0 aromatic heterocycles. The van der Waals surface area contributed by atoms with Crippen LogP contribution in [0.25, 0.3) is 0 Å². The Labute approximate surface area is 490 Å². The summed E-state index contributed by atoms with van der Waals surface area (Å²) in [6.45, 7) is 6.53. The summed E-state index contributed by atoms with van der Waals surface area (Å²) in [7, 11) is 0. The molecular formula is C73H128O6. The molecule has 0 aliphatic rings. The maximum absolute atomic E-state index is 13.0. The average Bonchev–Trinajstić information content (AvgIpc) is 3.45. The highest BCUT2D eigenvalue weighted by molar-refractivity contribution is 5.71. The van der Waals surface area contributed by atoms with Gasteiger partial charge in [-0.3, -0.25) is 14.4 Å². The van der Waals surface area contributed by atoms with Crippen LogP contribution in [0, 0.1) is 0 Å². The summed E-state index contributed by atoms with van der Waals surface area (Å²) in [6.07, 6.45) is 88.8. The molecule has 0 spiro atoms. The lowest BCUT2D eigenvalue weighted by atomic mass is 10.0. The second-order valence-corrected chi connectivity index (χ2v) is 22.7. The van der Waals surface area contributed by atoms with E-state index in [4.69, 9.17) is 14.2 Å². The minimum Gasteiger partial charge on any atom is -0.462 e. The van der Waals surface area contributed by atoms with Crippen LogP contribution in [0.5, 0.6) is 0 Å². The van der Waals surface area contributed by atoms with Gasteiger partial charge in [0.05, 0.1) is 0 Å². The van der Waals surface area contributed by atoms with Crippen molar-refractivity contribution < 1.29 is 28.6 Å². The van der Waals surface area contributed by atoms with E-state index in [2.05, 4.69) is 106 Å².